The number of nitrogens with zero attached hydrogens (tertiary/aromatic N) is 4. The van der Waals surface area contributed by atoms with E-state index in [4.69, 9.17) is 10.7 Å². The van der Waals surface area contributed by atoms with E-state index in [1.807, 2.05) is 73.7 Å². The summed E-state index contributed by atoms with van der Waals surface area (Å²) in [5, 5.41) is 1.97. The molecule has 0 amide bonds. The summed E-state index contributed by atoms with van der Waals surface area (Å²) in [6, 6.07) is 21.4. The van der Waals surface area contributed by atoms with Crippen LogP contribution in [-0.2, 0) is 0 Å². The number of benzene rings is 1. The Labute approximate surface area is 151 Å². The number of amidine groups is 1. The lowest BCUT2D eigenvalue weighted by atomic mass is 10.1. The molecule has 0 aliphatic carbocycles. The molecule has 0 unspecified atom stereocenters. The van der Waals surface area contributed by atoms with Crippen LogP contribution in [0.3, 0.4) is 0 Å². The summed E-state index contributed by atoms with van der Waals surface area (Å²) in [5.74, 6) is 0.897. The second kappa shape index (κ2) is 6.72. The quantitative estimate of drug-likeness (QED) is 0.451. The van der Waals surface area contributed by atoms with Crippen LogP contribution in [0.1, 0.15) is 11.4 Å². The van der Waals surface area contributed by atoms with Crippen molar-refractivity contribution in [2.24, 2.45) is 10.7 Å². The van der Waals surface area contributed by atoms with Crippen molar-refractivity contribution in [1.82, 2.24) is 15.0 Å². The van der Waals surface area contributed by atoms with Crippen LogP contribution in [0.2, 0.25) is 0 Å². The Kier molecular flexibility index (Phi) is 4.11. The first-order chi connectivity index (χ1) is 12.7. The summed E-state index contributed by atoms with van der Waals surface area (Å²) >= 11 is 0. The number of hydrogen-bond donors (Lipinski definition) is 1. The molecule has 0 aliphatic heterocycles. The fraction of sp³-hybridized carbons (Fsp3) is 0.0476. The summed E-state index contributed by atoms with van der Waals surface area (Å²) < 4.78 is 0. The van der Waals surface area contributed by atoms with Gasteiger partial charge in [0, 0.05) is 17.3 Å². The maximum absolute atomic E-state index is 6.21. The Morgan fingerprint density at radius 3 is 2.54 bits per heavy atom. The molecule has 2 N–H and O–H groups in total. The maximum Gasteiger partial charge on any atom is 0.162 e. The number of aromatic nitrogens is 3. The molecule has 126 valence electrons. The number of aryl methyl sites for hydroxylation is 1. The highest BCUT2D eigenvalue weighted by Crippen LogP contribution is 2.28. The zero-order valence-corrected chi connectivity index (χ0v) is 14.3. The average Bonchev–Trinajstić information content (AvgIpc) is 2.68. The van der Waals surface area contributed by atoms with Crippen molar-refractivity contribution in [3.8, 4) is 11.4 Å². The molecule has 0 radical (unpaired) electrons. The molecular weight excluding hydrogens is 322 g/mol. The number of fused-ring (bicyclic) bond motifs is 1. The molecule has 4 rings (SSSR count). The molecule has 26 heavy (non-hydrogen) atoms. The van der Waals surface area contributed by atoms with Crippen LogP contribution in [0.5, 0.6) is 0 Å². The number of hydrogen-bond acceptors (Lipinski definition) is 4. The topological polar surface area (TPSA) is 77.0 Å². The molecule has 0 spiro atoms. The fourth-order valence-corrected chi connectivity index (χ4v) is 2.77. The minimum absolute atomic E-state index is 0.338. The van der Waals surface area contributed by atoms with E-state index in [1.165, 1.54) is 0 Å². The number of pyridine rings is 3. The van der Waals surface area contributed by atoms with Crippen LogP contribution >= 0.6 is 0 Å². The highest BCUT2D eigenvalue weighted by molar-refractivity contribution is 6.01. The van der Waals surface area contributed by atoms with Gasteiger partial charge in [0.05, 0.1) is 11.4 Å². The third-order valence-corrected chi connectivity index (χ3v) is 4.02. The molecule has 3 heterocycles. The third-order valence-electron chi connectivity index (χ3n) is 4.02. The van der Waals surface area contributed by atoms with Gasteiger partial charge in [-0.3, -0.25) is 4.98 Å². The monoisotopic (exact) mass is 339 g/mol. The number of nitrogens with two attached hydrogens (primary N) is 1. The van der Waals surface area contributed by atoms with E-state index >= 15 is 0 Å². The Bertz CT molecular complexity index is 1100. The zero-order valence-electron chi connectivity index (χ0n) is 14.3. The van der Waals surface area contributed by atoms with E-state index in [1.54, 1.807) is 6.20 Å². The summed E-state index contributed by atoms with van der Waals surface area (Å²) in [5.41, 5.74) is 9.29. The van der Waals surface area contributed by atoms with Gasteiger partial charge in [0.2, 0.25) is 0 Å². The zero-order chi connectivity index (χ0) is 17.9. The Morgan fingerprint density at radius 2 is 1.73 bits per heavy atom. The molecule has 5 heteroatoms. The molecule has 4 aromatic rings. The van der Waals surface area contributed by atoms with Crippen molar-refractivity contribution < 1.29 is 0 Å². The highest BCUT2D eigenvalue weighted by Gasteiger charge is 2.09. The molecular formula is C21H17N5. The molecule has 5 nitrogen and oxygen atoms in total. The van der Waals surface area contributed by atoms with Crippen LogP contribution < -0.4 is 5.73 Å². The van der Waals surface area contributed by atoms with Crippen LogP contribution in [0, 0.1) is 6.92 Å². The lowest BCUT2D eigenvalue weighted by molar-refractivity contribution is 1.17. The standard InChI is InChI=1S/C21H17N5/c1-14-7-6-11-18(24-14)20(22)26-21-16-9-3-2-8-15(16)13-19(25-21)17-10-4-5-12-23-17/h2-13H,1H3,(H2,22,25,26). The van der Waals surface area contributed by atoms with Gasteiger partial charge in [-0.2, -0.15) is 0 Å². The second-order valence-electron chi connectivity index (χ2n) is 5.93. The summed E-state index contributed by atoms with van der Waals surface area (Å²) in [6.07, 6.45) is 1.75. The molecule has 1 aromatic carbocycles. The highest BCUT2D eigenvalue weighted by atomic mass is 15.0. The van der Waals surface area contributed by atoms with Gasteiger partial charge in [0.1, 0.15) is 5.69 Å². The minimum Gasteiger partial charge on any atom is -0.382 e. The van der Waals surface area contributed by atoms with Gasteiger partial charge >= 0.3 is 0 Å². The summed E-state index contributed by atoms with van der Waals surface area (Å²) in [7, 11) is 0. The van der Waals surface area contributed by atoms with Crippen molar-refractivity contribution >= 4 is 22.4 Å². The lowest BCUT2D eigenvalue weighted by Crippen LogP contribution is -2.15. The van der Waals surface area contributed by atoms with Crippen molar-refractivity contribution in [2.45, 2.75) is 6.92 Å². The first-order valence-corrected chi connectivity index (χ1v) is 8.30. The lowest BCUT2D eigenvalue weighted by Gasteiger charge is -2.07. The summed E-state index contributed by atoms with van der Waals surface area (Å²) in [4.78, 5) is 18.1. The van der Waals surface area contributed by atoms with Crippen molar-refractivity contribution in [3.63, 3.8) is 0 Å². The molecule has 0 bridgehead atoms. The van der Waals surface area contributed by atoms with Gasteiger partial charge in [-0.1, -0.05) is 36.4 Å². The van der Waals surface area contributed by atoms with Gasteiger partial charge in [0.15, 0.2) is 11.7 Å². The number of aliphatic imine (C=N–C) groups is 1. The van der Waals surface area contributed by atoms with Gasteiger partial charge in [0.25, 0.3) is 0 Å². The normalized spacial score (nSPS) is 11.7. The van der Waals surface area contributed by atoms with Crippen molar-refractivity contribution in [1.29, 1.82) is 0 Å². The molecule has 3 aromatic heterocycles. The molecule has 0 atom stereocenters. The largest absolute Gasteiger partial charge is 0.382 e. The van der Waals surface area contributed by atoms with E-state index in [-0.39, 0.29) is 0 Å². The molecule has 0 saturated carbocycles. The Hall–Kier alpha value is -3.60. The van der Waals surface area contributed by atoms with Gasteiger partial charge in [-0.25, -0.2) is 15.0 Å². The van der Waals surface area contributed by atoms with E-state index in [0.29, 0.717) is 17.3 Å². The SMILES string of the molecule is Cc1cccc(C(N)=Nc2nc(-c3ccccn3)cc3ccccc23)n1. The predicted molar refractivity (Wildman–Crippen MR) is 104 cm³/mol. The molecule has 0 saturated heterocycles. The van der Waals surface area contributed by atoms with Gasteiger partial charge in [-0.15, -0.1) is 0 Å². The van der Waals surface area contributed by atoms with Gasteiger partial charge < -0.3 is 5.73 Å². The Balaban J connectivity index is 1.89. The van der Waals surface area contributed by atoms with Crippen LogP contribution in [0.15, 0.2) is 77.9 Å². The minimum atomic E-state index is 0.338. The molecule has 0 fully saturated rings. The van der Waals surface area contributed by atoms with Crippen LogP contribution in [0.25, 0.3) is 22.2 Å². The third kappa shape index (κ3) is 3.15. The average molecular weight is 339 g/mol. The first-order valence-electron chi connectivity index (χ1n) is 8.30. The van der Waals surface area contributed by atoms with Crippen LogP contribution in [0.4, 0.5) is 5.82 Å². The maximum atomic E-state index is 6.21. The van der Waals surface area contributed by atoms with Gasteiger partial charge in [-0.05, 0) is 42.6 Å². The fourth-order valence-electron chi connectivity index (χ4n) is 2.77. The first kappa shape index (κ1) is 15.9. The predicted octanol–water partition coefficient (Wildman–Crippen LogP) is 4.04. The molecule has 0 aliphatic rings. The number of rotatable bonds is 3. The summed E-state index contributed by atoms with van der Waals surface area (Å²) in [6.45, 7) is 1.92. The van der Waals surface area contributed by atoms with Crippen molar-refractivity contribution in [2.75, 3.05) is 0 Å². The smallest absolute Gasteiger partial charge is 0.162 e. The van der Waals surface area contributed by atoms with E-state index in [9.17, 15) is 0 Å². The van der Waals surface area contributed by atoms with E-state index < -0.39 is 0 Å². The second-order valence-corrected chi connectivity index (χ2v) is 5.93. The van der Waals surface area contributed by atoms with E-state index in [0.717, 1.165) is 27.9 Å². The van der Waals surface area contributed by atoms with Crippen LogP contribution in [-0.4, -0.2) is 20.8 Å². The van der Waals surface area contributed by atoms with Crippen molar-refractivity contribution in [3.05, 3.63) is 84.3 Å². The van der Waals surface area contributed by atoms with E-state index in [2.05, 4.69) is 15.0 Å². The Morgan fingerprint density at radius 1 is 0.885 bits per heavy atom.